The Kier molecular flexibility index (Phi) is 5.74. The molecule has 1 N–H and O–H groups in total. The Bertz CT molecular complexity index is 463. The van der Waals surface area contributed by atoms with Gasteiger partial charge in [0.2, 0.25) is 0 Å². The molecule has 0 radical (unpaired) electrons. The van der Waals surface area contributed by atoms with Crippen molar-refractivity contribution in [1.29, 1.82) is 0 Å². The summed E-state index contributed by atoms with van der Waals surface area (Å²) in [6.45, 7) is 4.48. The fraction of sp³-hybridized carbons (Fsp3) is 0.684. The normalized spacial score (nSPS) is 20.4. The summed E-state index contributed by atoms with van der Waals surface area (Å²) in [4.78, 5) is 2.56. The van der Waals surface area contributed by atoms with Crippen LogP contribution in [0.25, 0.3) is 0 Å². The molecule has 3 heteroatoms. The zero-order valence-electron chi connectivity index (χ0n) is 13.9. The molecule has 1 aromatic rings. The molecule has 2 aliphatic rings. The largest absolute Gasteiger partial charge is 0.496 e. The van der Waals surface area contributed by atoms with E-state index in [1.165, 1.54) is 69.2 Å². The van der Waals surface area contributed by atoms with Gasteiger partial charge in [-0.2, -0.15) is 0 Å². The van der Waals surface area contributed by atoms with E-state index in [2.05, 4.69) is 28.4 Å². The summed E-state index contributed by atoms with van der Waals surface area (Å²) in [6.07, 6.45) is 9.50. The van der Waals surface area contributed by atoms with Gasteiger partial charge < -0.3 is 10.1 Å². The van der Waals surface area contributed by atoms with Gasteiger partial charge in [0.1, 0.15) is 5.75 Å². The number of nitrogens with one attached hydrogen (secondary N) is 1. The molecule has 0 bridgehead atoms. The van der Waals surface area contributed by atoms with Crippen molar-refractivity contribution < 1.29 is 4.74 Å². The molecule has 0 spiro atoms. The van der Waals surface area contributed by atoms with E-state index in [1.54, 1.807) is 7.11 Å². The Hall–Kier alpha value is -1.06. The smallest absolute Gasteiger partial charge is 0.123 e. The van der Waals surface area contributed by atoms with Crippen molar-refractivity contribution in [2.45, 2.75) is 64.1 Å². The van der Waals surface area contributed by atoms with E-state index in [1.807, 2.05) is 0 Å². The molecule has 0 unspecified atom stereocenters. The van der Waals surface area contributed by atoms with Crippen molar-refractivity contribution in [2.75, 3.05) is 20.2 Å². The molecule has 0 aromatic heterocycles. The van der Waals surface area contributed by atoms with Crippen LogP contribution in [0.1, 0.15) is 56.1 Å². The van der Waals surface area contributed by atoms with E-state index >= 15 is 0 Å². The van der Waals surface area contributed by atoms with Crippen LogP contribution in [0.4, 0.5) is 0 Å². The highest BCUT2D eigenvalue weighted by molar-refractivity contribution is 5.37. The Labute approximate surface area is 135 Å². The lowest BCUT2D eigenvalue weighted by atomic mass is 10.1. The zero-order valence-corrected chi connectivity index (χ0v) is 13.9. The predicted octanol–water partition coefficient (Wildman–Crippen LogP) is 3.71. The summed E-state index contributed by atoms with van der Waals surface area (Å²) >= 11 is 0. The van der Waals surface area contributed by atoms with Crippen molar-refractivity contribution in [2.24, 2.45) is 0 Å². The van der Waals surface area contributed by atoms with Crippen molar-refractivity contribution in [3.8, 4) is 5.75 Å². The van der Waals surface area contributed by atoms with Crippen LogP contribution in [0.5, 0.6) is 5.75 Å². The van der Waals surface area contributed by atoms with Gasteiger partial charge in [0.15, 0.2) is 0 Å². The fourth-order valence-corrected chi connectivity index (χ4v) is 3.79. The van der Waals surface area contributed by atoms with Crippen molar-refractivity contribution in [3.05, 3.63) is 29.3 Å². The van der Waals surface area contributed by atoms with Crippen molar-refractivity contribution >= 4 is 0 Å². The van der Waals surface area contributed by atoms with Gasteiger partial charge in [-0.05, 0) is 50.4 Å². The minimum Gasteiger partial charge on any atom is -0.496 e. The molecule has 0 atom stereocenters. The molecule has 0 amide bonds. The van der Waals surface area contributed by atoms with Crippen LogP contribution in [0, 0.1) is 0 Å². The molecule has 1 aliphatic carbocycles. The molecule has 1 aliphatic heterocycles. The number of hydrogen-bond donors (Lipinski definition) is 1. The van der Waals surface area contributed by atoms with Crippen LogP contribution in [-0.2, 0) is 13.1 Å². The fourth-order valence-electron chi connectivity index (χ4n) is 3.79. The maximum atomic E-state index is 5.63. The number of methoxy groups -OCH3 is 1. The first-order chi connectivity index (χ1) is 10.8. The zero-order chi connectivity index (χ0) is 15.2. The SMILES string of the molecule is COc1cc(CN2CCCCC2)ccc1CNC1CCCC1. The maximum Gasteiger partial charge on any atom is 0.123 e. The lowest BCUT2D eigenvalue weighted by molar-refractivity contribution is 0.220. The minimum atomic E-state index is 0.706. The van der Waals surface area contributed by atoms with Gasteiger partial charge >= 0.3 is 0 Å². The van der Waals surface area contributed by atoms with Crippen LogP contribution >= 0.6 is 0 Å². The van der Waals surface area contributed by atoms with Gasteiger partial charge in [0.05, 0.1) is 7.11 Å². The summed E-state index contributed by atoms with van der Waals surface area (Å²) in [5.41, 5.74) is 2.67. The Balaban J connectivity index is 1.59. The van der Waals surface area contributed by atoms with Crippen LogP contribution in [0.2, 0.25) is 0 Å². The molecule has 3 nitrogen and oxygen atoms in total. The standard InChI is InChI=1S/C19H30N2O/c1-22-19-13-16(15-21-11-5-2-6-12-21)9-10-17(19)14-20-18-7-3-4-8-18/h9-10,13,18,20H,2-8,11-12,14-15H2,1H3. The number of hydrogen-bond acceptors (Lipinski definition) is 3. The molecule has 1 aromatic carbocycles. The molecule has 1 saturated heterocycles. The first-order valence-electron chi connectivity index (χ1n) is 8.96. The summed E-state index contributed by atoms with van der Waals surface area (Å²) < 4.78 is 5.63. The van der Waals surface area contributed by atoms with Gasteiger partial charge in [-0.15, -0.1) is 0 Å². The maximum absolute atomic E-state index is 5.63. The Morgan fingerprint density at radius 3 is 2.59 bits per heavy atom. The summed E-state index contributed by atoms with van der Waals surface area (Å²) in [5, 5.41) is 3.68. The molecule has 3 rings (SSSR count). The van der Waals surface area contributed by atoms with E-state index in [4.69, 9.17) is 4.74 Å². The van der Waals surface area contributed by atoms with Crippen LogP contribution in [0.15, 0.2) is 18.2 Å². The molecule has 22 heavy (non-hydrogen) atoms. The second-order valence-electron chi connectivity index (χ2n) is 6.85. The summed E-state index contributed by atoms with van der Waals surface area (Å²) in [7, 11) is 1.79. The summed E-state index contributed by atoms with van der Waals surface area (Å²) in [5.74, 6) is 1.04. The van der Waals surface area contributed by atoms with Crippen LogP contribution in [-0.4, -0.2) is 31.1 Å². The Morgan fingerprint density at radius 1 is 1.09 bits per heavy atom. The third-order valence-corrected chi connectivity index (χ3v) is 5.14. The van der Waals surface area contributed by atoms with Gasteiger partial charge in [-0.25, -0.2) is 0 Å². The third-order valence-electron chi connectivity index (χ3n) is 5.14. The topological polar surface area (TPSA) is 24.5 Å². The average Bonchev–Trinajstić information content (AvgIpc) is 3.08. The molecular formula is C19H30N2O. The van der Waals surface area contributed by atoms with Gasteiger partial charge in [-0.1, -0.05) is 31.4 Å². The first kappa shape index (κ1) is 15.8. The monoisotopic (exact) mass is 302 g/mol. The van der Waals surface area contributed by atoms with E-state index in [0.717, 1.165) is 18.8 Å². The van der Waals surface area contributed by atoms with Gasteiger partial charge in [-0.3, -0.25) is 4.90 Å². The van der Waals surface area contributed by atoms with E-state index in [-0.39, 0.29) is 0 Å². The minimum absolute atomic E-state index is 0.706. The number of likely N-dealkylation sites (tertiary alicyclic amines) is 1. The highest BCUT2D eigenvalue weighted by atomic mass is 16.5. The third kappa shape index (κ3) is 4.23. The molecule has 1 heterocycles. The highest BCUT2D eigenvalue weighted by Gasteiger charge is 2.15. The molecule has 2 fully saturated rings. The van der Waals surface area contributed by atoms with Crippen molar-refractivity contribution in [1.82, 2.24) is 10.2 Å². The number of nitrogens with zero attached hydrogens (tertiary/aromatic N) is 1. The van der Waals surface area contributed by atoms with E-state index in [0.29, 0.717) is 6.04 Å². The number of ether oxygens (including phenoxy) is 1. The lowest BCUT2D eigenvalue weighted by Gasteiger charge is -2.26. The number of piperidine rings is 1. The Morgan fingerprint density at radius 2 is 1.86 bits per heavy atom. The van der Waals surface area contributed by atoms with E-state index < -0.39 is 0 Å². The first-order valence-corrected chi connectivity index (χ1v) is 8.96. The average molecular weight is 302 g/mol. The number of rotatable bonds is 6. The highest BCUT2D eigenvalue weighted by Crippen LogP contribution is 2.24. The summed E-state index contributed by atoms with van der Waals surface area (Å²) in [6, 6.07) is 7.47. The molecular weight excluding hydrogens is 272 g/mol. The van der Waals surface area contributed by atoms with Crippen LogP contribution in [0.3, 0.4) is 0 Å². The van der Waals surface area contributed by atoms with Gasteiger partial charge in [0, 0.05) is 24.7 Å². The predicted molar refractivity (Wildman–Crippen MR) is 91.2 cm³/mol. The quantitative estimate of drug-likeness (QED) is 0.867. The van der Waals surface area contributed by atoms with Crippen LogP contribution < -0.4 is 10.1 Å². The molecule has 122 valence electrons. The second-order valence-corrected chi connectivity index (χ2v) is 6.85. The number of benzene rings is 1. The van der Waals surface area contributed by atoms with Gasteiger partial charge in [0.25, 0.3) is 0 Å². The van der Waals surface area contributed by atoms with E-state index in [9.17, 15) is 0 Å². The molecule has 1 saturated carbocycles. The van der Waals surface area contributed by atoms with Crippen molar-refractivity contribution in [3.63, 3.8) is 0 Å². The second kappa shape index (κ2) is 7.98. The lowest BCUT2D eigenvalue weighted by Crippen LogP contribution is -2.29.